The molecule has 0 spiro atoms. The summed E-state index contributed by atoms with van der Waals surface area (Å²) in [6.07, 6.45) is 1.98. The van der Waals surface area contributed by atoms with Gasteiger partial charge in [0.1, 0.15) is 0 Å². The van der Waals surface area contributed by atoms with E-state index in [-0.39, 0.29) is 0 Å². The first-order valence-electron chi connectivity index (χ1n) is 7.22. The van der Waals surface area contributed by atoms with Crippen LogP contribution in [-0.2, 0) is 0 Å². The third kappa shape index (κ3) is 1.40. The van der Waals surface area contributed by atoms with Crippen LogP contribution in [0.1, 0.15) is 0 Å². The van der Waals surface area contributed by atoms with Crippen molar-refractivity contribution in [2.45, 2.75) is 0 Å². The Kier molecular flexibility index (Phi) is 2.01. The summed E-state index contributed by atoms with van der Waals surface area (Å²) in [5.74, 6) is 0. The Labute approximate surface area is 122 Å². The number of aromatic nitrogens is 1. The molecule has 0 saturated heterocycles. The molecule has 5 rings (SSSR count). The first-order valence-corrected chi connectivity index (χ1v) is 7.22. The lowest BCUT2D eigenvalue weighted by atomic mass is 9.91. The summed E-state index contributed by atoms with van der Waals surface area (Å²) < 4.78 is 0. The third-order valence-corrected chi connectivity index (χ3v) is 4.42. The van der Waals surface area contributed by atoms with Crippen LogP contribution in [0.4, 0.5) is 0 Å². The zero-order chi connectivity index (χ0) is 13.8. The van der Waals surface area contributed by atoms with Crippen molar-refractivity contribution in [1.29, 1.82) is 0 Å². The molecule has 0 bridgehead atoms. The average molecular weight is 267 g/mol. The maximum Gasteiger partial charge on any atom is 0.0460 e. The van der Waals surface area contributed by atoms with Crippen LogP contribution in [-0.4, -0.2) is 4.98 Å². The van der Waals surface area contributed by atoms with Crippen molar-refractivity contribution in [3.63, 3.8) is 0 Å². The molecule has 0 amide bonds. The van der Waals surface area contributed by atoms with Gasteiger partial charge in [-0.15, -0.1) is 0 Å². The Morgan fingerprint density at radius 3 is 2.05 bits per heavy atom. The number of benzene rings is 4. The zero-order valence-electron chi connectivity index (χ0n) is 11.4. The highest BCUT2D eigenvalue weighted by atomic mass is 14.7. The van der Waals surface area contributed by atoms with E-state index in [1.54, 1.807) is 0 Å². The van der Waals surface area contributed by atoms with Gasteiger partial charge in [0.05, 0.1) is 0 Å². The van der Waals surface area contributed by atoms with E-state index in [1.807, 2.05) is 12.3 Å². The second-order valence-electron chi connectivity index (χ2n) is 5.55. The summed E-state index contributed by atoms with van der Waals surface area (Å²) in [4.78, 5) is 3.33. The second kappa shape index (κ2) is 3.86. The quantitative estimate of drug-likeness (QED) is 0.382. The SMILES string of the molecule is c1c[nH]c(-c2ccc3ccc4cccc5ccc2c3c45)c1. The minimum atomic E-state index is 1.17. The molecule has 0 fully saturated rings. The third-order valence-electron chi connectivity index (χ3n) is 4.42. The monoisotopic (exact) mass is 267 g/mol. The zero-order valence-corrected chi connectivity index (χ0v) is 11.4. The van der Waals surface area contributed by atoms with Crippen molar-refractivity contribution < 1.29 is 0 Å². The van der Waals surface area contributed by atoms with E-state index in [1.165, 1.54) is 43.6 Å². The van der Waals surface area contributed by atoms with Crippen LogP contribution in [0.3, 0.4) is 0 Å². The highest BCUT2D eigenvalue weighted by molar-refractivity contribution is 6.25. The lowest BCUT2D eigenvalue weighted by molar-refractivity contribution is 1.41. The number of hydrogen-bond acceptors (Lipinski definition) is 0. The Bertz CT molecular complexity index is 1060. The van der Waals surface area contributed by atoms with Crippen LogP contribution >= 0.6 is 0 Å². The maximum absolute atomic E-state index is 3.33. The van der Waals surface area contributed by atoms with Crippen LogP contribution in [0.2, 0.25) is 0 Å². The van der Waals surface area contributed by atoms with Crippen LogP contribution in [0.5, 0.6) is 0 Å². The molecule has 0 unspecified atom stereocenters. The molecule has 0 aliphatic rings. The summed E-state index contributed by atoms with van der Waals surface area (Å²) in [6.45, 7) is 0. The van der Waals surface area contributed by atoms with E-state index in [0.717, 1.165) is 0 Å². The summed E-state index contributed by atoms with van der Waals surface area (Å²) >= 11 is 0. The van der Waals surface area contributed by atoms with Gasteiger partial charge in [-0.2, -0.15) is 0 Å². The summed E-state index contributed by atoms with van der Waals surface area (Å²) in [5.41, 5.74) is 2.44. The second-order valence-corrected chi connectivity index (χ2v) is 5.55. The van der Waals surface area contributed by atoms with Crippen molar-refractivity contribution in [1.82, 2.24) is 4.98 Å². The fraction of sp³-hybridized carbons (Fsp3) is 0. The summed E-state index contributed by atoms with van der Waals surface area (Å²) in [5, 5.41) is 8.01. The summed E-state index contributed by atoms with van der Waals surface area (Å²) in [7, 11) is 0. The molecule has 5 aromatic rings. The standard InChI is InChI=1S/C20H13N/c1-3-13-6-7-15-8-10-16(18-5-2-12-21-18)17-11-9-14(4-1)19(13)20(15)17/h1-12,21H. The van der Waals surface area contributed by atoms with Crippen molar-refractivity contribution in [3.8, 4) is 11.3 Å². The number of H-pyrrole nitrogens is 1. The molecular formula is C20H13N. The van der Waals surface area contributed by atoms with Gasteiger partial charge >= 0.3 is 0 Å². The predicted molar refractivity (Wildman–Crippen MR) is 89.9 cm³/mol. The number of aromatic amines is 1. The van der Waals surface area contributed by atoms with Gasteiger partial charge in [0.25, 0.3) is 0 Å². The van der Waals surface area contributed by atoms with Gasteiger partial charge < -0.3 is 4.98 Å². The Hall–Kier alpha value is -2.80. The molecule has 0 saturated carbocycles. The minimum Gasteiger partial charge on any atom is -0.361 e. The highest BCUT2D eigenvalue weighted by Crippen LogP contribution is 2.38. The average Bonchev–Trinajstić information content (AvgIpc) is 3.07. The largest absolute Gasteiger partial charge is 0.361 e. The van der Waals surface area contributed by atoms with Gasteiger partial charge in [-0.25, -0.2) is 0 Å². The molecule has 4 aromatic carbocycles. The molecule has 1 heterocycles. The van der Waals surface area contributed by atoms with Gasteiger partial charge in [-0.3, -0.25) is 0 Å². The first-order chi connectivity index (χ1) is 10.4. The molecule has 0 aliphatic heterocycles. The molecule has 1 N–H and O–H groups in total. The first kappa shape index (κ1) is 10.9. The fourth-order valence-corrected chi connectivity index (χ4v) is 3.47. The van der Waals surface area contributed by atoms with E-state index >= 15 is 0 Å². The molecule has 0 radical (unpaired) electrons. The van der Waals surface area contributed by atoms with Crippen LogP contribution < -0.4 is 0 Å². The molecule has 0 atom stereocenters. The molecular weight excluding hydrogens is 254 g/mol. The van der Waals surface area contributed by atoms with Gasteiger partial charge in [-0.05, 0) is 44.5 Å². The normalized spacial score (nSPS) is 11.8. The van der Waals surface area contributed by atoms with Crippen molar-refractivity contribution in [3.05, 3.63) is 72.9 Å². The number of nitrogens with one attached hydrogen (secondary N) is 1. The molecule has 0 aliphatic carbocycles. The Morgan fingerprint density at radius 1 is 0.571 bits per heavy atom. The minimum absolute atomic E-state index is 1.17. The van der Waals surface area contributed by atoms with Crippen molar-refractivity contribution in [2.24, 2.45) is 0 Å². The topological polar surface area (TPSA) is 15.8 Å². The molecule has 98 valence electrons. The number of hydrogen-bond donors (Lipinski definition) is 1. The lowest BCUT2D eigenvalue weighted by Crippen LogP contribution is -1.86. The van der Waals surface area contributed by atoms with Crippen molar-refractivity contribution in [2.75, 3.05) is 0 Å². The maximum atomic E-state index is 3.33. The Balaban J connectivity index is 2.07. The van der Waals surface area contributed by atoms with Crippen LogP contribution in [0, 0.1) is 0 Å². The molecule has 21 heavy (non-hydrogen) atoms. The molecule has 1 heteroatoms. The highest BCUT2D eigenvalue weighted by Gasteiger charge is 2.11. The smallest absolute Gasteiger partial charge is 0.0460 e. The lowest BCUT2D eigenvalue weighted by Gasteiger charge is -2.13. The van der Waals surface area contributed by atoms with Gasteiger partial charge in [0.2, 0.25) is 0 Å². The van der Waals surface area contributed by atoms with Crippen LogP contribution in [0.25, 0.3) is 43.6 Å². The van der Waals surface area contributed by atoms with E-state index in [2.05, 4.69) is 65.6 Å². The molecule has 1 nitrogen and oxygen atoms in total. The van der Waals surface area contributed by atoms with Crippen LogP contribution in [0.15, 0.2) is 72.9 Å². The van der Waals surface area contributed by atoms with Crippen molar-refractivity contribution >= 4 is 32.3 Å². The molecule has 1 aromatic heterocycles. The van der Waals surface area contributed by atoms with Gasteiger partial charge in [0.15, 0.2) is 0 Å². The fourth-order valence-electron chi connectivity index (χ4n) is 3.47. The predicted octanol–water partition coefficient (Wildman–Crippen LogP) is 5.58. The summed E-state index contributed by atoms with van der Waals surface area (Å²) in [6, 6.07) is 24.1. The van der Waals surface area contributed by atoms with Gasteiger partial charge in [-0.1, -0.05) is 54.6 Å². The van der Waals surface area contributed by atoms with E-state index in [9.17, 15) is 0 Å². The number of rotatable bonds is 1. The van der Waals surface area contributed by atoms with Gasteiger partial charge in [0, 0.05) is 17.5 Å². The van der Waals surface area contributed by atoms with E-state index in [4.69, 9.17) is 0 Å². The van der Waals surface area contributed by atoms with E-state index < -0.39 is 0 Å². The van der Waals surface area contributed by atoms with E-state index in [0.29, 0.717) is 0 Å². The Morgan fingerprint density at radius 2 is 1.29 bits per heavy atom.